The number of carboxylic acids is 1. The van der Waals surface area contributed by atoms with Gasteiger partial charge in [0.2, 0.25) is 0 Å². The van der Waals surface area contributed by atoms with Crippen LogP contribution in [0.4, 0.5) is 8.78 Å². The molecule has 4 nitrogen and oxygen atoms in total. The van der Waals surface area contributed by atoms with Crippen LogP contribution in [0.25, 0.3) is 0 Å². The molecule has 0 aromatic carbocycles. The molecule has 2 N–H and O–H groups in total. The summed E-state index contributed by atoms with van der Waals surface area (Å²) in [7, 11) is 1.08. The summed E-state index contributed by atoms with van der Waals surface area (Å²) in [5, 5.41) is 10.8. The molecule has 0 unspecified atom stereocenters. The summed E-state index contributed by atoms with van der Waals surface area (Å²) in [5.74, 6) is -5.97. The van der Waals surface area contributed by atoms with Crippen molar-refractivity contribution in [2.24, 2.45) is 0 Å². The lowest BCUT2D eigenvalue weighted by atomic mass is 9.89. The van der Waals surface area contributed by atoms with E-state index >= 15 is 0 Å². The van der Waals surface area contributed by atoms with Gasteiger partial charge >= 0.3 is 11.9 Å². The van der Waals surface area contributed by atoms with Gasteiger partial charge in [0, 0.05) is 20.2 Å². The van der Waals surface area contributed by atoms with Crippen molar-refractivity contribution >= 4 is 5.97 Å². The largest absolute Gasteiger partial charge is 0.477 e. The van der Waals surface area contributed by atoms with E-state index in [9.17, 15) is 13.6 Å². The summed E-state index contributed by atoms with van der Waals surface area (Å²) < 4.78 is 30.3. The average Bonchev–Trinajstić information content (AvgIpc) is 1.85. The van der Waals surface area contributed by atoms with E-state index < -0.39 is 17.5 Å². The van der Waals surface area contributed by atoms with Crippen LogP contribution < -0.4 is 5.32 Å². The fraction of sp³-hybridized carbons (Fsp3) is 0.833. The predicted molar refractivity (Wildman–Crippen MR) is 35.2 cm³/mol. The van der Waals surface area contributed by atoms with Crippen LogP contribution in [0, 0.1) is 0 Å². The van der Waals surface area contributed by atoms with Crippen LogP contribution in [0.3, 0.4) is 0 Å². The van der Waals surface area contributed by atoms with Gasteiger partial charge in [-0.05, 0) is 0 Å². The third-order valence-corrected chi connectivity index (χ3v) is 2.05. The second-order valence-corrected chi connectivity index (χ2v) is 2.68. The summed E-state index contributed by atoms with van der Waals surface area (Å²) in [6.45, 7) is -0.272. The Balaban J connectivity index is 2.84. The first kappa shape index (κ1) is 9.34. The van der Waals surface area contributed by atoms with Crippen molar-refractivity contribution in [1.82, 2.24) is 5.32 Å². The van der Waals surface area contributed by atoms with Gasteiger partial charge in [-0.2, -0.15) is 8.78 Å². The number of carbonyl (C=O) groups is 1. The molecule has 0 amide bonds. The molecule has 0 aromatic rings. The first-order chi connectivity index (χ1) is 5.46. The van der Waals surface area contributed by atoms with E-state index in [-0.39, 0.29) is 13.1 Å². The number of rotatable bonds is 3. The number of methoxy groups -OCH3 is 1. The highest BCUT2D eigenvalue weighted by Gasteiger charge is 2.63. The lowest BCUT2D eigenvalue weighted by Gasteiger charge is -2.44. The zero-order chi connectivity index (χ0) is 9.41. The summed E-state index contributed by atoms with van der Waals surface area (Å²) in [4.78, 5) is 10.2. The molecule has 1 fully saturated rings. The van der Waals surface area contributed by atoms with Gasteiger partial charge in [0.25, 0.3) is 0 Å². The fourth-order valence-corrected chi connectivity index (χ4v) is 1.04. The molecule has 0 radical (unpaired) electrons. The summed E-state index contributed by atoms with van der Waals surface area (Å²) in [6.07, 6.45) is 0. The number of hydrogen-bond acceptors (Lipinski definition) is 3. The highest BCUT2D eigenvalue weighted by molar-refractivity contribution is 5.77. The third-order valence-electron chi connectivity index (χ3n) is 2.05. The first-order valence-corrected chi connectivity index (χ1v) is 3.33. The van der Waals surface area contributed by atoms with Crippen LogP contribution in [-0.4, -0.2) is 42.8 Å². The van der Waals surface area contributed by atoms with Gasteiger partial charge in [-0.3, -0.25) is 0 Å². The molecule has 1 aliphatic heterocycles. The van der Waals surface area contributed by atoms with Crippen molar-refractivity contribution < 1.29 is 23.4 Å². The molecule has 1 saturated heterocycles. The smallest absolute Gasteiger partial charge is 0.377 e. The normalized spacial score (nSPS) is 21.6. The number of aliphatic carboxylic acids is 1. The minimum atomic E-state index is -3.83. The SMILES string of the molecule is COC1(C(F)(F)C(=O)O)CNC1. The summed E-state index contributed by atoms with van der Waals surface area (Å²) in [6, 6.07) is 0. The molecular weight excluding hydrogens is 172 g/mol. The number of carboxylic acid groups (broad SMARTS) is 1. The first-order valence-electron chi connectivity index (χ1n) is 3.33. The van der Waals surface area contributed by atoms with Crippen molar-refractivity contribution in [2.45, 2.75) is 11.5 Å². The molecule has 6 heteroatoms. The van der Waals surface area contributed by atoms with Crippen molar-refractivity contribution in [2.75, 3.05) is 20.2 Å². The lowest BCUT2D eigenvalue weighted by Crippen LogP contribution is -2.72. The maximum absolute atomic E-state index is 12.9. The number of hydrogen-bond donors (Lipinski definition) is 2. The van der Waals surface area contributed by atoms with Gasteiger partial charge in [0.05, 0.1) is 0 Å². The standard InChI is InChI=1S/C6H9F2NO3/c1-12-5(2-9-3-5)6(7,8)4(10)11/h9H,2-3H2,1H3,(H,10,11). The highest BCUT2D eigenvalue weighted by Crippen LogP contribution is 2.35. The highest BCUT2D eigenvalue weighted by atomic mass is 19.3. The van der Waals surface area contributed by atoms with Crippen LogP contribution in [-0.2, 0) is 9.53 Å². The Labute approximate surface area is 67.5 Å². The maximum Gasteiger partial charge on any atom is 0.377 e. The molecule has 0 saturated carbocycles. The van der Waals surface area contributed by atoms with Crippen LogP contribution in [0.5, 0.6) is 0 Å². The van der Waals surface area contributed by atoms with Crippen molar-refractivity contribution in [1.29, 1.82) is 0 Å². The molecule has 0 bridgehead atoms. The minimum Gasteiger partial charge on any atom is -0.477 e. The molecule has 1 aliphatic rings. The number of halogens is 2. The van der Waals surface area contributed by atoms with E-state index in [2.05, 4.69) is 10.1 Å². The molecule has 1 heterocycles. The van der Waals surface area contributed by atoms with E-state index in [0.29, 0.717) is 0 Å². The van der Waals surface area contributed by atoms with Crippen LogP contribution in [0.2, 0.25) is 0 Å². The van der Waals surface area contributed by atoms with Gasteiger partial charge in [0.1, 0.15) is 0 Å². The second kappa shape index (κ2) is 2.63. The number of ether oxygens (including phenoxy) is 1. The number of alkyl halides is 2. The van der Waals surface area contributed by atoms with E-state index in [0.717, 1.165) is 7.11 Å². The molecule has 0 spiro atoms. The van der Waals surface area contributed by atoms with Gasteiger partial charge in [-0.15, -0.1) is 0 Å². The third kappa shape index (κ3) is 0.987. The molecular formula is C6H9F2NO3. The zero-order valence-corrected chi connectivity index (χ0v) is 6.43. The van der Waals surface area contributed by atoms with E-state index in [1.807, 2.05) is 0 Å². The molecule has 1 rings (SSSR count). The number of nitrogens with one attached hydrogen (secondary N) is 1. The molecule has 0 aromatic heterocycles. The van der Waals surface area contributed by atoms with Gasteiger partial charge in [0.15, 0.2) is 5.60 Å². The van der Waals surface area contributed by atoms with Crippen molar-refractivity contribution in [3.63, 3.8) is 0 Å². The Kier molecular flexibility index (Phi) is 2.05. The Morgan fingerprint density at radius 1 is 1.67 bits per heavy atom. The Hall–Kier alpha value is -0.750. The summed E-state index contributed by atoms with van der Waals surface area (Å²) in [5.41, 5.74) is -1.86. The Morgan fingerprint density at radius 2 is 2.17 bits per heavy atom. The van der Waals surface area contributed by atoms with E-state index in [1.165, 1.54) is 0 Å². The maximum atomic E-state index is 12.9. The predicted octanol–water partition coefficient (Wildman–Crippen LogP) is -0.305. The minimum absolute atomic E-state index is 0.136. The van der Waals surface area contributed by atoms with Gasteiger partial charge < -0.3 is 15.2 Å². The van der Waals surface area contributed by atoms with Crippen molar-refractivity contribution in [3.8, 4) is 0 Å². The van der Waals surface area contributed by atoms with E-state index in [4.69, 9.17) is 5.11 Å². The van der Waals surface area contributed by atoms with E-state index in [1.54, 1.807) is 0 Å². The Morgan fingerprint density at radius 3 is 2.25 bits per heavy atom. The van der Waals surface area contributed by atoms with Gasteiger partial charge in [-0.1, -0.05) is 0 Å². The zero-order valence-electron chi connectivity index (χ0n) is 6.43. The quantitative estimate of drug-likeness (QED) is 0.627. The van der Waals surface area contributed by atoms with Crippen molar-refractivity contribution in [3.05, 3.63) is 0 Å². The van der Waals surface area contributed by atoms with Crippen LogP contribution in [0.1, 0.15) is 0 Å². The lowest BCUT2D eigenvalue weighted by molar-refractivity contribution is -0.229. The van der Waals surface area contributed by atoms with Gasteiger partial charge in [-0.25, -0.2) is 4.79 Å². The Bertz CT molecular complexity index is 197. The monoisotopic (exact) mass is 181 g/mol. The summed E-state index contributed by atoms with van der Waals surface area (Å²) >= 11 is 0. The molecule has 0 atom stereocenters. The fourth-order valence-electron chi connectivity index (χ4n) is 1.04. The van der Waals surface area contributed by atoms with Crippen LogP contribution >= 0.6 is 0 Å². The molecule has 12 heavy (non-hydrogen) atoms. The molecule has 0 aliphatic carbocycles. The van der Waals surface area contributed by atoms with Crippen LogP contribution in [0.15, 0.2) is 0 Å². The topological polar surface area (TPSA) is 58.6 Å². The second-order valence-electron chi connectivity index (χ2n) is 2.68. The average molecular weight is 181 g/mol. The molecule has 70 valence electrons.